The van der Waals surface area contributed by atoms with Crippen molar-refractivity contribution in [3.63, 3.8) is 0 Å². The molecule has 0 spiro atoms. The first-order valence-electron chi connectivity index (χ1n) is 5.62. The first kappa shape index (κ1) is 12.0. The molecule has 1 fully saturated rings. The molecule has 0 radical (unpaired) electrons. The van der Waals surface area contributed by atoms with E-state index in [-0.39, 0.29) is 12.1 Å². The minimum Gasteiger partial charge on any atom is -0.394 e. The fourth-order valence-corrected chi connectivity index (χ4v) is 1.70. The van der Waals surface area contributed by atoms with E-state index in [0.29, 0.717) is 5.92 Å². The van der Waals surface area contributed by atoms with Gasteiger partial charge in [-0.05, 0) is 25.2 Å². The largest absolute Gasteiger partial charge is 0.394 e. The van der Waals surface area contributed by atoms with Crippen LogP contribution in [0.3, 0.4) is 0 Å². The van der Waals surface area contributed by atoms with Crippen molar-refractivity contribution in [3.8, 4) is 0 Å². The quantitative estimate of drug-likeness (QED) is 0.607. The average Bonchev–Trinajstić information content (AvgIpc) is 2.08. The van der Waals surface area contributed by atoms with Gasteiger partial charge in [0.15, 0.2) is 0 Å². The predicted molar refractivity (Wildman–Crippen MR) is 57.3 cm³/mol. The highest BCUT2D eigenvalue weighted by atomic mass is 16.5. The van der Waals surface area contributed by atoms with Crippen LogP contribution in [0.1, 0.15) is 33.1 Å². The lowest BCUT2D eigenvalue weighted by atomic mass is 9.77. The van der Waals surface area contributed by atoms with Crippen LogP contribution in [-0.2, 0) is 4.74 Å². The molecule has 0 bridgehead atoms. The highest BCUT2D eigenvalue weighted by molar-refractivity contribution is 4.95. The molecule has 0 heterocycles. The van der Waals surface area contributed by atoms with Crippen molar-refractivity contribution in [2.24, 2.45) is 5.92 Å². The molecule has 1 aliphatic carbocycles. The monoisotopic (exact) mass is 201 g/mol. The van der Waals surface area contributed by atoms with Gasteiger partial charge in [0.25, 0.3) is 0 Å². The van der Waals surface area contributed by atoms with E-state index in [4.69, 9.17) is 4.74 Å². The molecule has 1 saturated carbocycles. The minimum atomic E-state index is 0.0290. The topological polar surface area (TPSA) is 41.5 Å². The number of aliphatic hydroxyl groups excluding tert-OH is 1. The lowest BCUT2D eigenvalue weighted by Gasteiger charge is -2.41. The third kappa shape index (κ3) is 3.56. The van der Waals surface area contributed by atoms with Gasteiger partial charge in [0, 0.05) is 18.7 Å². The summed E-state index contributed by atoms with van der Waals surface area (Å²) in [5.41, 5.74) is 0.0290. The molecule has 0 saturated heterocycles. The summed E-state index contributed by atoms with van der Waals surface area (Å²) in [4.78, 5) is 0. The van der Waals surface area contributed by atoms with Gasteiger partial charge in [-0.15, -0.1) is 0 Å². The Morgan fingerprint density at radius 1 is 1.43 bits per heavy atom. The highest BCUT2D eigenvalue weighted by Gasteiger charge is 2.35. The summed E-state index contributed by atoms with van der Waals surface area (Å²) in [6.45, 7) is 6.99. The molecule has 1 aliphatic rings. The maximum atomic E-state index is 9.18. The standard InChI is InChI=1S/C11H23NO2/c1-10(2)8-14-7-6-12-11(9-13)4-3-5-11/h10,12-13H,3-9H2,1-2H3. The molecule has 0 aromatic heterocycles. The number of ether oxygens (including phenoxy) is 1. The van der Waals surface area contributed by atoms with Crippen LogP contribution in [-0.4, -0.2) is 37.0 Å². The van der Waals surface area contributed by atoms with E-state index in [2.05, 4.69) is 19.2 Å². The van der Waals surface area contributed by atoms with E-state index in [1.807, 2.05) is 0 Å². The number of nitrogens with one attached hydrogen (secondary N) is 1. The Morgan fingerprint density at radius 2 is 2.14 bits per heavy atom. The molecular weight excluding hydrogens is 178 g/mol. The van der Waals surface area contributed by atoms with Crippen LogP contribution >= 0.6 is 0 Å². The number of hydrogen-bond donors (Lipinski definition) is 2. The third-order valence-corrected chi connectivity index (χ3v) is 2.81. The average molecular weight is 201 g/mol. The van der Waals surface area contributed by atoms with Crippen LogP contribution in [0.5, 0.6) is 0 Å². The van der Waals surface area contributed by atoms with E-state index >= 15 is 0 Å². The van der Waals surface area contributed by atoms with Gasteiger partial charge < -0.3 is 15.2 Å². The SMILES string of the molecule is CC(C)COCCNC1(CO)CCC1. The van der Waals surface area contributed by atoms with Gasteiger partial charge in [-0.3, -0.25) is 0 Å². The third-order valence-electron chi connectivity index (χ3n) is 2.81. The number of hydrogen-bond acceptors (Lipinski definition) is 3. The Morgan fingerprint density at radius 3 is 2.57 bits per heavy atom. The van der Waals surface area contributed by atoms with Crippen LogP contribution in [0.2, 0.25) is 0 Å². The van der Waals surface area contributed by atoms with E-state index in [1.165, 1.54) is 6.42 Å². The van der Waals surface area contributed by atoms with Gasteiger partial charge in [0.1, 0.15) is 0 Å². The van der Waals surface area contributed by atoms with Gasteiger partial charge in [-0.25, -0.2) is 0 Å². The maximum absolute atomic E-state index is 9.18. The summed E-state index contributed by atoms with van der Waals surface area (Å²) in [5, 5.41) is 12.6. The van der Waals surface area contributed by atoms with Crippen molar-refractivity contribution in [2.45, 2.75) is 38.6 Å². The van der Waals surface area contributed by atoms with Crippen molar-refractivity contribution in [1.82, 2.24) is 5.32 Å². The molecule has 0 aliphatic heterocycles. The summed E-state index contributed by atoms with van der Waals surface area (Å²) in [7, 11) is 0. The van der Waals surface area contributed by atoms with E-state index in [1.54, 1.807) is 0 Å². The first-order chi connectivity index (χ1) is 6.68. The van der Waals surface area contributed by atoms with Crippen molar-refractivity contribution < 1.29 is 9.84 Å². The number of aliphatic hydroxyl groups is 1. The highest BCUT2D eigenvalue weighted by Crippen LogP contribution is 2.30. The molecule has 84 valence electrons. The van der Waals surface area contributed by atoms with Crippen molar-refractivity contribution in [1.29, 1.82) is 0 Å². The Kier molecular flexibility index (Phi) is 4.85. The van der Waals surface area contributed by atoms with Crippen LogP contribution in [0, 0.1) is 5.92 Å². The van der Waals surface area contributed by atoms with E-state index in [9.17, 15) is 5.11 Å². The summed E-state index contributed by atoms with van der Waals surface area (Å²) >= 11 is 0. The van der Waals surface area contributed by atoms with Gasteiger partial charge in [-0.2, -0.15) is 0 Å². The minimum absolute atomic E-state index is 0.0290. The molecule has 0 unspecified atom stereocenters. The molecule has 0 amide bonds. The van der Waals surface area contributed by atoms with Crippen molar-refractivity contribution in [2.75, 3.05) is 26.4 Å². The van der Waals surface area contributed by atoms with Crippen molar-refractivity contribution in [3.05, 3.63) is 0 Å². The Hall–Kier alpha value is -0.120. The smallest absolute Gasteiger partial charge is 0.0613 e. The van der Waals surface area contributed by atoms with E-state index in [0.717, 1.165) is 32.6 Å². The molecule has 3 heteroatoms. The summed E-state index contributed by atoms with van der Waals surface area (Å²) in [5.74, 6) is 0.602. The molecular formula is C11H23NO2. The van der Waals surface area contributed by atoms with Crippen LogP contribution in [0.4, 0.5) is 0 Å². The summed E-state index contributed by atoms with van der Waals surface area (Å²) in [6, 6.07) is 0. The molecule has 0 aromatic carbocycles. The zero-order valence-electron chi connectivity index (χ0n) is 9.38. The molecule has 1 rings (SSSR count). The number of rotatable bonds is 7. The summed E-state index contributed by atoms with van der Waals surface area (Å²) in [6.07, 6.45) is 3.45. The molecule has 0 atom stereocenters. The molecule has 14 heavy (non-hydrogen) atoms. The van der Waals surface area contributed by atoms with Crippen LogP contribution in [0.15, 0.2) is 0 Å². The Bertz CT molecular complexity index is 150. The van der Waals surface area contributed by atoms with Crippen LogP contribution < -0.4 is 5.32 Å². The first-order valence-corrected chi connectivity index (χ1v) is 5.62. The Labute approximate surface area is 86.8 Å². The molecule has 0 aromatic rings. The fraction of sp³-hybridized carbons (Fsp3) is 1.00. The lowest BCUT2D eigenvalue weighted by Crippen LogP contribution is -2.54. The van der Waals surface area contributed by atoms with E-state index < -0.39 is 0 Å². The zero-order valence-corrected chi connectivity index (χ0v) is 9.38. The molecule has 3 nitrogen and oxygen atoms in total. The predicted octanol–water partition coefficient (Wildman–Crippen LogP) is 1.16. The molecule has 2 N–H and O–H groups in total. The second-order valence-corrected chi connectivity index (χ2v) is 4.69. The zero-order chi connectivity index (χ0) is 10.4. The van der Waals surface area contributed by atoms with Gasteiger partial charge in [0.2, 0.25) is 0 Å². The van der Waals surface area contributed by atoms with Crippen LogP contribution in [0.25, 0.3) is 0 Å². The van der Waals surface area contributed by atoms with Gasteiger partial charge >= 0.3 is 0 Å². The second-order valence-electron chi connectivity index (χ2n) is 4.69. The fourth-order valence-electron chi connectivity index (χ4n) is 1.70. The second kappa shape index (κ2) is 5.69. The Balaban J connectivity index is 1.97. The summed E-state index contributed by atoms with van der Waals surface area (Å²) < 4.78 is 5.46. The van der Waals surface area contributed by atoms with Crippen molar-refractivity contribution >= 4 is 0 Å². The van der Waals surface area contributed by atoms with Gasteiger partial charge in [0.05, 0.1) is 13.2 Å². The van der Waals surface area contributed by atoms with Gasteiger partial charge in [-0.1, -0.05) is 13.8 Å². The lowest BCUT2D eigenvalue weighted by molar-refractivity contribution is 0.0648. The maximum Gasteiger partial charge on any atom is 0.0613 e. The normalized spacial score (nSPS) is 19.7.